The predicted octanol–water partition coefficient (Wildman–Crippen LogP) is 5.89. The summed E-state index contributed by atoms with van der Waals surface area (Å²) in [6, 6.07) is 11.7. The summed E-state index contributed by atoms with van der Waals surface area (Å²) in [5.74, 6) is -0.935. The molecule has 29 heavy (non-hydrogen) atoms. The first-order chi connectivity index (χ1) is 13.5. The minimum absolute atomic E-state index is 0.0112. The van der Waals surface area contributed by atoms with Crippen molar-refractivity contribution >= 4 is 56.5 Å². The zero-order valence-corrected chi connectivity index (χ0v) is 18.1. The van der Waals surface area contributed by atoms with Gasteiger partial charge in [0.1, 0.15) is 5.75 Å². The molecular formula is C19H12Cl4O5S. The molecule has 0 heterocycles. The van der Waals surface area contributed by atoms with E-state index in [1.165, 1.54) is 42.5 Å². The Kier molecular flexibility index (Phi) is 5.98. The van der Waals surface area contributed by atoms with E-state index in [0.717, 1.165) is 12.1 Å². The first-order valence-corrected chi connectivity index (χ1v) is 10.8. The summed E-state index contributed by atoms with van der Waals surface area (Å²) in [4.78, 5) is 0. The Bertz CT molecular complexity index is 1190. The van der Waals surface area contributed by atoms with Gasteiger partial charge in [0.25, 0.3) is 10.1 Å². The second-order valence-electron chi connectivity index (χ2n) is 6.12. The second kappa shape index (κ2) is 7.87. The number of halogens is 4. The molecule has 0 radical (unpaired) electrons. The van der Waals surface area contributed by atoms with Gasteiger partial charge in [0, 0.05) is 15.6 Å². The van der Waals surface area contributed by atoms with Crippen molar-refractivity contribution in [1.29, 1.82) is 0 Å². The molecule has 1 unspecified atom stereocenters. The summed E-state index contributed by atoms with van der Waals surface area (Å²) < 4.78 is 34.0. The van der Waals surface area contributed by atoms with Crippen LogP contribution in [0, 0.1) is 0 Å². The van der Waals surface area contributed by atoms with Crippen LogP contribution in [0.5, 0.6) is 11.5 Å². The third-order valence-corrected chi connectivity index (χ3v) is 6.89. The summed E-state index contributed by atoms with van der Waals surface area (Å²) in [6.07, 6.45) is 0. The molecule has 1 atom stereocenters. The van der Waals surface area contributed by atoms with E-state index in [1.807, 2.05) is 0 Å². The standard InChI is InChI=1S/C19H12Cl4O5S/c20-12-3-1-2-10(6-12)19(29(26,27)28,14-9-13(21)4-5-17(14)24)11-7-15(22)18(25)16(23)8-11/h1-9,24-25H,(H,26,27,28). The van der Waals surface area contributed by atoms with Gasteiger partial charge in [-0.3, -0.25) is 4.55 Å². The molecule has 0 amide bonds. The van der Waals surface area contributed by atoms with Crippen LogP contribution in [0.1, 0.15) is 16.7 Å². The maximum atomic E-state index is 12.9. The monoisotopic (exact) mass is 492 g/mol. The van der Waals surface area contributed by atoms with Crippen molar-refractivity contribution < 1.29 is 23.2 Å². The molecule has 0 fully saturated rings. The second-order valence-corrected chi connectivity index (χ2v) is 9.37. The molecule has 0 aromatic heterocycles. The molecule has 3 N–H and O–H groups in total. The van der Waals surface area contributed by atoms with Gasteiger partial charge < -0.3 is 10.2 Å². The van der Waals surface area contributed by atoms with Gasteiger partial charge in [0.15, 0.2) is 10.5 Å². The average Bonchev–Trinajstić information content (AvgIpc) is 2.62. The van der Waals surface area contributed by atoms with E-state index in [1.54, 1.807) is 0 Å². The van der Waals surface area contributed by atoms with Crippen LogP contribution < -0.4 is 0 Å². The Hall–Kier alpha value is -1.67. The summed E-state index contributed by atoms with van der Waals surface area (Å²) in [6.45, 7) is 0. The van der Waals surface area contributed by atoms with Crippen LogP contribution in [0.25, 0.3) is 0 Å². The molecule has 0 bridgehead atoms. The molecule has 3 rings (SSSR count). The minimum atomic E-state index is -5.06. The first kappa shape index (κ1) is 22.0. The van der Waals surface area contributed by atoms with Crippen LogP contribution in [-0.4, -0.2) is 23.2 Å². The SMILES string of the molecule is O=S(=O)(O)C(c1cccc(Cl)c1)(c1cc(Cl)c(O)c(Cl)c1)c1cc(Cl)ccc1O. The molecule has 3 aromatic carbocycles. The lowest BCUT2D eigenvalue weighted by molar-refractivity contribution is 0.440. The highest BCUT2D eigenvalue weighted by Gasteiger charge is 2.50. The van der Waals surface area contributed by atoms with Crippen LogP contribution >= 0.6 is 46.4 Å². The molecule has 3 aromatic rings. The highest BCUT2D eigenvalue weighted by atomic mass is 35.5. The zero-order valence-electron chi connectivity index (χ0n) is 14.3. The van der Waals surface area contributed by atoms with E-state index >= 15 is 0 Å². The van der Waals surface area contributed by atoms with Crippen molar-refractivity contribution in [3.8, 4) is 11.5 Å². The minimum Gasteiger partial charge on any atom is -0.508 e. The van der Waals surface area contributed by atoms with Crippen molar-refractivity contribution in [3.63, 3.8) is 0 Å². The third kappa shape index (κ3) is 3.77. The van der Waals surface area contributed by atoms with Gasteiger partial charge in [-0.25, -0.2) is 0 Å². The van der Waals surface area contributed by atoms with Crippen LogP contribution in [-0.2, 0) is 14.9 Å². The molecule has 0 saturated carbocycles. The molecule has 0 saturated heterocycles. The molecule has 0 spiro atoms. The molecule has 0 aliphatic rings. The van der Waals surface area contributed by atoms with Gasteiger partial charge in [-0.1, -0.05) is 58.5 Å². The van der Waals surface area contributed by atoms with Crippen LogP contribution in [0.4, 0.5) is 0 Å². The molecule has 0 aliphatic carbocycles. The van der Waals surface area contributed by atoms with E-state index in [0.29, 0.717) is 0 Å². The maximum Gasteiger partial charge on any atom is 0.283 e. The molecule has 0 aliphatic heterocycles. The predicted molar refractivity (Wildman–Crippen MR) is 114 cm³/mol. The zero-order chi connectivity index (χ0) is 21.6. The van der Waals surface area contributed by atoms with Gasteiger partial charge in [0.2, 0.25) is 0 Å². The Morgan fingerprint density at radius 1 is 0.759 bits per heavy atom. The van der Waals surface area contributed by atoms with Crippen LogP contribution in [0.2, 0.25) is 20.1 Å². The number of phenols is 2. The summed E-state index contributed by atoms with van der Waals surface area (Å²) >= 11 is 24.2. The van der Waals surface area contributed by atoms with Crippen molar-refractivity contribution in [2.75, 3.05) is 0 Å². The summed E-state index contributed by atoms with van der Waals surface area (Å²) in [5.41, 5.74) is -0.414. The van der Waals surface area contributed by atoms with Gasteiger partial charge in [0.05, 0.1) is 10.0 Å². The quantitative estimate of drug-likeness (QED) is 0.311. The Labute approximate surface area is 186 Å². The topological polar surface area (TPSA) is 94.8 Å². The van der Waals surface area contributed by atoms with Gasteiger partial charge >= 0.3 is 0 Å². The van der Waals surface area contributed by atoms with E-state index in [2.05, 4.69) is 0 Å². The maximum absolute atomic E-state index is 12.9. The lowest BCUT2D eigenvalue weighted by atomic mass is 9.83. The normalized spacial score (nSPS) is 13.8. The van der Waals surface area contributed by atoms with Crippen molar-refractivity contribution in [2.45, 2.75) is 4.75 Å². The number of hydrogen-bond acceptors (Lipinski definition) is 4. The number of phenolic OH excluding ortho intramolecular Hbond substituents is 2. The van der Waals surface area contributed by atoms with Crippen molar-refractivity contribution in [1.82, 2.24) is 0 Å². The molecule has 10 heteroatoms. The fourth-order valence-corrected chi connectivity index (χ4v) is 5.31. The van der Waals surface area contributed by atoms with E-state index < -0.39 is 26.4 Å². The fraction of sp³-hybridized carbons (Fsp3) is 0.0526. The van der Waals surface area contributed by atoms with Gasteiger partial charge in [-0.05, 0) is 53.6 Å². The summed E-state index contributed by atoms with van der Waals surface area (Å²) in [7, 11) is -5.06. The lowest BCUT2D eigenvalue weighted by Crippen LogP contribution is -2.38. The highest BCUT2D eigenvalue weighted by molar-refractivity contribution is 7.87. The first-order valence-electron chi connectivity index (χ1n) is 7.89. The Balaban J connectivity index is 2.61. The third-order valence-electron chi connectivity index (χ3n) is 4.38. The fourth-order valence-electron chi connectivity index (χ4n) is 3.18. The van der Waals surface area contributed by atoms with Gasteiger partial charge in [-0.15, -0.1) is 0 Å². The Morgan fingerprint density at radius 3 is 1.90 bits per heavy atom. The smallest absolute Gasteiger partial charge is 0.283 e. The molecule has 5 nitrogen and oxygen atoms in total. The number of benzene rings is 3. The van der Waals surface area contributed by atoms with E-state index in [9.17, 15) is 23.2 Å². The Morgan fingerprint density at radius 2 is 1.34 bits per heavy atom. The van der Waals surface area contributed by atoms with E-state index in [4.69, 9.17) is 46.4 Å². The van der Waals surface area contributed by atoms with Crippen molar-refractivity contribution in [2.24, 2.45) is 0 Å². The average molecular weight is 494 g/mol. The lowest BCUT2D eigenvalue weighted by Gasteiger charge is -2.33. The van der Waals surface area contributed by atoms with Crippen molar-refractivity contribution in [3.05, 3.63) is 91.4 Å². The summed E-state index contributed by atoms with van der Waals surface area (Å²) in [5, 5.41) is 20.2. The largest absolute Gasteiger partial charge is 0.508 e. The molecular weight excluding hydrogens is 482 g/mol. The number of hydrogen-bond donors (Lipinski definition) is 3. The number of rotatable bonds is 4. The van der Waals surface area contributed by atoms with Crippen LogP contribution in [0.15, 0.2) is 54.6 Å². The van der Waals surface area contributed by atoms with Crippen LogP contribution in [0.3, 0.4) is 0 Å². The number of aromatic hydroxyl groups is 2. The molecule has 152 valence electrons. The van der Waals surface area contributed by atoms with E-state index in [-0.39, 0.29) is 36.8 Å². The highest BCUT2D eigenvalue weighted by Crippen LogP contribution is 2.50. The van der Waals surface area contributed by atoms with Gasteiger partial charge in [-0.2, -0.15) is 8.42 Å².